The fraction of sp³-hybridized carbons (Fsp3) is 0.667. The number of hydrogen-bond acceptors (Lipinski definition) is 5. The molecule has 2 aromatic heterocycles. The molecule has 3 heterocycles. The van der Waals surface area contributed by atoms with Crippen LogP contribution in [-0.4, -0.2) is 50.3 Å². The van der Waals surface area contributed by atoms with Gasteiger partial charge in [-0.25, -0.2) is 9.97 Å². The number of fused-ring (bicyclic) bond motifs is 1. The third-order valence-corrected chi connectivity index (χ3v) is 3.45. The van der Waals surface area contributed by atoms with Crippen LogP contribution in [0.1, 0.15) is 26.6 Å². The van der Waals surface area contributed by atoms with Gasteiger partial charge in [0.2, 0.25) is 5.65 Å². The summed E-state index contributed by atoms with van der Waals surface area (Å²) in [6.07, 6.45) is 0. The van der Waals surface area contributed by atoms with Crippen LogP contribution in [0.5, 0.6) is 0 Å². The average molecular weight is 318 g/mol. The third-order valence-electron chi connectivity index (χ3n) is 3.45. The number of anilines is 1. The van der Waals surface area contributed by atoms with E-state index in [2.05, 4.69) is 25.4 Å². The molecule has 22 heavy (non-hydrogen) atoms. The van der Waals surface area contributed by atoms with Gasteiger partial charge in [-0.3, -0.25) is 0 Å². The molecule has 1 N–H and O–H groups in total. The van der Waals surface area contributed by atoms with Crippen molar-refractivity contribution in [1.29, 1.82) is 0 Å². The van der Waals surface area contributed by atoms with Crippen molar-refractivity contribution in [3.05, 3.63) is 5.82 Å². The molecule has 6 nitrogen and oxygen atoms in total. The van der Waals surface area contributed by atoms with Crippen molar-refractivity contribution in [2.75, 3.05) is 18.0 Å². The van der Waals surface area contributed by atoms with Gasteiger partial charge in [0.15, 0.2) is 11.3 Å². The number of nitrogens with zero attached hydrogens (tertiary/aromatic N) is 5. The van der Waals surface area contributed by atoms with Gasteiger partial charge < -0.3 is 4.90 Å². The first kappa shape index (κ1) is 14.9. The molecule has 10 heteroatoms. The second-order valence-corrected chi connectivity index (χ2v) is 6.38. The Morgan fingerprint density at radius 1 is 1.00 bits per heavy atom. The second kappa shape index (κ2) is 4.26. The molecule has 0 aliphatic carbocycles. The molecule has 0 aromatic carbocycles. The molecule has 1 saturated heterocycles. The van der Waals surface area contributed by atoms with E-state index in [4.69, 9.17) is 0 Å². The highest BCUT2D eigenvalue weighted by Gasteiger charge is 2.63. The van der Waals surface area contributed by atoms with Crippen LogP contribution in [0.2, 0.25) is 0 Å². The maximum absolute atomic E-state index is 13.4. The third kappa shape index (κ3) is 2.17. The van der Waals surface area contributed by atoms with E-state index in [0.717, 1.165) is 4.90 Å². The van der Waals surface area contributed by atoms with Gasteiger partial charge in [-0.1, -0.05) is 20.8 Å². The Kier molecular flexibility index (Phi) is 2.89. The molecule has 0 radical (unpaired) electrons. The summed E-state index contributed by atoms with van der Waals surface area (Å²) in [6, 6.07) is 0. The highest BCUT2D eigenvalue weighted by Crippen LogP contribution is 2.43. The number of alkyl halides is 4. The quantitative estimate of drug-likeness (QED) is 0.816. The number of hydrogen-bond donors (Lipinski definition) is 1. The lowest BCUT2D eigenvalue weighted by atomic mass is 9.96. The topological polar surface area (TPSA) is 70.6 Å². The summed E-state index contributed by atoms with van der Waals surface area (Å²) in [5.74, 6) is -7.96. The number of aromatic amines is 1. The lowest BCUT2D eigenvalue weighted by molar-refractivity contribution is -0.172. The van der Waals surface area contributed by atoms with Crippen LogP contribution in [0.25, 0.3) is 11.2 Å². The van der Waals surface area contributed by atoms with Crippen molar-refractivity contribution in [1.82, 2.24) is 25.4 Å². The normalized spacial score (nSPS) is 20.8. The van der Waals surface area contributed by atoms with Gasteiger partial charge in [0.25, 0.3) is 0 Å². The van der Waals surface area contributed by atoms with Crippen LogP contribution in [-0.2, 0) is 5.41 Å². The molecule has 0 unspecified atom stereocenters. The maximum atomic E-state index is 13.4. The zero-order chi connectivity index (χ0) is 16.3. The van der Waals surface area contributed by atoms with E-state index in [0.29, 0.717) is 5.82 Å². The van der Waals surface area contributed by atoms with Crippen molar-refractivity contribution >= 4 is 17.0 Å². The SMILES string of the molecule is CC(C)(C)c1nc(N2CC(F)(F)C(F)(F)C2)c2n[nH]nc2n1. The lowest BCUT2D eigenvalue weighted by Crippen LogP contribution is -2.38. The molecule has 1 aliphatic rings. The van der Waals surface area contributed by atoms with Gasteiger partial charge >= 0.3 is 11.8 Å². The lowest BCUT2D eigenvalue weighted by Gasteiger charge is -2.21. The minimum atomic E-state index is -4.12. The second-order valence-electron chi connectivity index (χ2n) is 6.38. The van der Waals surface area contributed by atoms with Gasteiger partial charge in [-0.2, -0.15) is 27.9 Å². The first-order chi connectivity index (χ1) is 10.0. The first-order valence-corrected chi connectivity index (χ1v) is 6.61. The standard InChI is InChI=1S/C12H14F4N6/c1-10(2,3)9-17-7-6(19-21-20-7)8(18-9)22-4-11(13,14)12(15,16)5-22/h4-5H2,1-3H3,(H,17,18,19,20,21). The Hall–Kier alpha value is -2.00. The number of H-pyrrole nitrogens is 1. The van der Waals surface area contributed by atoms with Crippen molar-refractivity contribution < 1.29 is 17.6 Å². The smallest absolute Gasteiger partial charge is 0.329 e. The highest BCUT2D eigenvalue weighted by molar-refractivity contribution is 5.82. The van der Waals surface area contributed by atoms with E-state index in [1.165, 1.54) is 0 Å². The number of nitrogens with one attached hydrogen (secondary N) is 1. The van der Waals surface area contributed by atoms with Gasteiger partial charge in [0.05, 0.1) is 13.1 Å². The van der Waals surface area contributed by atoms with E-state index in [-0.39, 0.29) is 17.0 Å². The Labute approximate surface area is 122 Å². The fourth-order valence-corrected chi connectivity index (χ4v) is 2.20. The predicted octanol–water partition coefficient (Wildman–Crippen LogP) is 2.14. The van der Waals surface area contributed by atoms with E-state index < -0.39 is 30.3 Å². The molecule has 0 atom stereocenters. The predicted molar refractivity (Wildman–Crippen MR) is 70.3 cm³/mol. The van der Waals surface area contributed by atoms with Crippen molar-refractivity contribution in [2.45, 2.75) is 38.0 Å². The van der Waals surface area contributed by atoms with Gasteiger partial charge in [-0.05, 0) is 0 Å². The zero-order valence-corrected chi connectivity index (χ0v) is 12.2. The van der Waals surface area contributed by atoms with Crippen molar-refractivity contribution in [3.63, 3.8) is 0 Å². The summed E-state index contributed by atoms with van der Waals surface area (Å²) >= 11 is 0. The number of rotatable bonds is 1. The Morgan fingerprint density at radius 2 is 1.59 bits per heavy atom. The maximum Gasteiger partial charge on any atom is 0.329 e. The van der Waals surface area contributed by atoms with E-state index in [1.807, 2.05) is 20.8 Å². The Morgan fingerprint density at radius 3 is 2.14 bits per heavy atom. The summed E-state index contributed by atoms with van der Waals surface area (Å²) in [4.78, 5) is 9.21. The van der Waals surface area contributed by atoms with Crippen LogP contribution >= 0.6 is 0 Å². The molecular weight excluding hydrogens is 304 g/mol. The van der Waals surface area contributed by atoms with Crippen LogP contribution in [0.3, 0.4) is 0 Å². The molecule has 0 amide bonds. The number of aromatic nitrogens is 5. The molecule has 0 bridgehead atoms. The van der Waals surface area contributed by atoms with E-state index in [1.54, 1.807) is 0 Å². The average Bonchev–Trinajstić information content (AvgIpc) is 2.89. The van der Waals surface area contributed by atoms with Gasteiger partial charge in [0, 0.05) is 5.41 Å². The monoisotopic (exact) mass is 318 g/mol. The highest BCUT2D eigenvalue weighted by atomic mass is 19.3. The number of halogens is 4. The molecule has 0 spiro atoms. The summed E-state index contributed by atoms with van der Waals surface area (Å²) in [6.45, 7) is 3.23. The minimum Gasteiger partial charge on any atom is -0.342 e. The van der Waals surface area contributed by atoms with Crippen LogP contribution in [0, 0.1) is 0 Å². The van der Waals surface area contributed by atoms with Crippen LogP contribution in [0.4, 0.5) is 23.4 Å². The summed E-state index contributed by atoms with van der Waals surface area (Å²) < 4.78 is 53.8. The van der Waals surface area contributed by atoms with Crippen molar-refractivity contribution in [2.24, 2.45) is 0 Å². The molecule has 120 valence electrons. The molecule has 0 saturated carbocycles. The zero-order valence-electron chi connectivity index (χ0n) is 12.2. The summed E-state index contributed by atoms with van der Waals surface area (Å²) in [5.41, 5.74) is -0.234. The van der Waals surface area contributed by atoms with Crippen LogP contribution in [0.15, 0.2) is 0 Å². The summed E-state index contributed by atoms with van der Waals surface area (Å²) in [7, 11) is 0. The van der Waals surface area contributed by atoms with Gasteiger partial charge in [-0.15, -0.1) is 5.10 Å². The molecule has 3 rings (SSSR count). The molecule has 1 fully saturated rings. The molecular formula is C12H14F4N6. The summed E-state index contributed by atoms with van der Waals surface area (Å²) in [5, 5.41) is 9.92. The fourth-order valence-electron chi connectivity index (χ4n) is 2.20. The van der Waals surface area contributed by atoms with E-state index in [9.17, 15) is 17.6 Å². The van der Waals surface area contributed by atoms with Gasteiger partial charge in [0.1, 0.15) is 5.82 Å². The molecule has 1 aliphatic heterocycles. The first-order valence-electron chi connectivity index (χ1n) is 6.61. The largest absolute Gasteiger partial charge is 0.342 e. The van der Waals surface area contributed by atoms with Crippen molar-refractivity contribution in [3.8, 4) is 0 Å². The molecule has 2 aromatic rings. The van der Waals surface area contributed by atoms with E-state index >= 15 is 0 Å². The minimum absolute atomic E-state index is 0.0551. The Bertz CT molecular complexity index is 704. The van der Waals surface area contributed by atoms with Crippen LogP contribution < -0.4 is 4.90 Å². The Balaban J connectivity index is 2.13.